The predicted octanol–water partition coefficient (Wildman–Crippen LogP) is 3.16. The number of hydrogen-bond donors (Lipinski definition) is 1. The fourth-order valence-electron chi connectivity index (χ4n) is 3.43. The molecule has 1 aromatic heterocycles. The van der Waals surface area contributed by atoms with Crippen LogP contribution in [0.15, 0.2) is 35.1 Å². The van der Waals surface area contributed by atoms with Gasteiger partial charge in [-0.15, -0.1) is 0 Å². The molecule has 0 amide bonds. The molecule has 0 spiro atoms. The number of nitrogens with one attached hydrogen (secondary N) is 1. The number of nitrogens with zero attached hydrogens (tertiary/aromatic N) is 2. The first-order valence-electron chi connectivity index (χ1n) is 8.28. The summed E-state index contributed by atoms with van der Waals surface area (Å²) in [7, 11) is 3.32. The number of rotatable bonds is 3. The minimum absolute atomic E-state index is 0.176. The first-order valence-corrected chi connectivity index (χ1v) is 8.65. The zero-order chi connectivity index (χ0) is 18.3. The summed E-state index contributed by atoms with van der Waals surface area (Å²) >= 11 is 6.05. The zero-order valence-electron chi connectivity index (χ0n) is 14.5. The smallest absolute Gasteiger partial charge is 0.260 e. The second kappa shape index (κ2) is 6.53. The van der Waals surface area contributed by atoms with Crippen molar-refractivity contribution >= 4 is 28.5 Å². The number of hydrogen-bond acceptors (Lipinski definition) is 5. The average Bonchev–Trinajstić information content (AvgIpc) is 2.66. The molecule has 0 bridgehead atoms. The molecule has 3 aromatic rings. The van der Waals surface area contributed by atoms with Crippen molar-refractivity contribution in [2.45, 2.75) is 13.0 Å². The summed E-state index contributed by atoms with van der Waals surface area (Å²) < 4.78 is 11.0. The van der Waals surface area contributed by atoms with Gasteiger partial charge in [0.15, 0.2) is 0 Å². The van der Waals surface area contributed by atoms with Crippen LogP contribution in [0.25, 0.3) is 10.9 Å². The summed E-state index contributed by atoms with van der Waals surface area (Å²) in [5, 5.41) is 1.08. The number of halogens is 1. The molecule has 0 saturated carbocycles. The van der Waals surface area contributed by atoms with Gasteiger partial charge in [-0.1, -0.05) is 11.6 Å². The lowest BCUT2D eigenvalue weighted by Gasteiger charge is -2.31. The SMILES string of the molecule is COc1ccc(OC)c2c1CCN(c1nc3cc(Cl)ccc3c(=O)[nH]1)C2. The Bertz CT molecular complexity index is 1050. The zero-order valence-corrected chi connectivity index (χ0v) is 15.3. The number of H-pyrrole nitrogens is 1. The molecule has 1 N–H and O–H groups in total. The normalized spacial score (nSPS) is 13.6. The lowest BCUT2D eigenvalue weighted by molar-refractivity contribution is 0.391. The van der Waals surface area contributed by atoms with E-state index in [2.05, 4.69) is 9.97 Å². The number of ether oxygens (including phenoxy) is 2. The molecule has 0 aliphatic carbocycles. The van der Waals surface area contributed by atoms with Gasteiger partial charge in [-0.25, -0.2) is 4.98 Å². The maximum absolute atomic E-state index is 12.4. The van der Waals surface area contributed by atoms with Gasteiger partial charge in [0.2, 0.25) is 5.95 Å². The lowest BCUT2D eigenvalue weighted by atomic mass is 9.97. The molecule has 1 aliphatic rings. The summed E-state index contributed by atoms with van der Waals surface area (Å²) in [5.41, 5.74) is 2.59. The Morgan fingerprint density at radius 2 is 1.85 bits per heavy atom. The molecule has 0 fully saturated rings. The van der Waals surface area contributed by atoms with Crippen molar-refractivity contribution in [1.29, 1.82) is 0 Å². The van der Waals surface area contributed by atoms with Gasteiger partial charge < -0.3 is 14.4 Å². The third-order valence-electron chi connectivity index (χ3n) is 4.72. The molecule has 0 atom stereocenters. The highest BCUT2D eigenvalue weighted by Gasteiger charge is 2.24. The molecule has 0 saturated heterocycles. The van der Waals surface area contributed by atoms with Gasteiger partial charge >= 0.3 is 0 Å². The Labute approximate surface area is 155 Å². The van der Waals surface area contributed by atoms with E-state index in [9.17, 15) is 4.79 Å². The summed E-state index contributed by atoms with van der Waals surface area (Å²) in [6, 6.07) is 8.90. The average molecular weight is 372 g/mol. The highest BCUT2D eigenvalue weighted by Crippen LogP contribution is 2.35. The van der Waals surface area contributed by atoms with Gasteiger partial charge in [-0.05, 0) is 36.8 Å². The van der Waals surface area contributed by atoms with Crippen LogP contribution >= 0.6 is 11.6 Å². The van der Waals surface area contributed by atoms with E-state index >= 15 is 0 Å². The summed E-state index contributed by atoms with van der Waals surface area (Å²) in [6.45, 7) is 1.29. The van der Waals surface area contributed by atoms with Gasteiger partial charge in [-0.3, -0.25) is 9.78 Å². The van der Waals surface area contributed by atoms with Crippen LogP contribution in [0.3, 0.4) is 0 Å². The molecule has 26 heavy (non-hydrogen) atoms. The van der Waals surface area contributed by atoms with Crippen LogP contribution in [0.4, 0.5) is 5.95 Å². The largest absolute Gasteiger partial charge is 0.496 e. The van der Waals surface area contributed by atoms with Gasteiger partial charge in [0, 0.05) is 29.2 Å². The number of anilines is 1. The van der Waals surface area contributed by atoms with Crippen molar-refractivity contribution in [2.24, 2.45) is 0 Å². The van der Waals surface area contributed by atoms with Crippen molar-refractivity contribution in [3.8, 4) is 11.5 Å². The standard InChI is InChI=1S/C19H18ClN3O3/c1-25-16-5-6-17(26-2)14-10-23(8-7-12(14)16)19-21-15-9-11(20)3-4-13(15)18(24)22-19/h3-6,9H,7-8,10H2,1-2H3,(H,21,22,24). The quantitative estimate of drug-likeness (QED) is 0.766. The molecule has 0 radical (unpaired) electrons. The second-order valence-corrected chi connectivity index (χ2v) is 6.59. The van der Waals surface area contributed by atoms with Crippen LogP contribution < -0.4 is 19.9 Å². The highest BCUT2D eigenvalue weighted by molar-refractivity contribution is 6.31. The molecular formula is C19H18ClN3O3. The Hall–Kier alpha value is -2.73. The van der Waals surface area contributed by atoms with E-state index in [1.165, 1.54) is 0 Å². The van der Waals surface area contributed by atoms with Gasteiger partial charge in [0.05, 0.1) is 25.1 Å². The van der Waals surface area contributed by atoms with E-state index < -0.39 is 0 Å². The van der Waals surface area contributed by atoms with E-state index in [1.54, 1.807) is 32.4 Å². The first-order chi connectivity index (χ1) is 12.6. The first kappa shape index (κ1) is 16.7. The molecule has 6 nitrogen and oxygen atoms in total. The molecule has 2 aromatic carbocycles. The second-order valence-electron chi connectivity index (χ2n) is 6.15. The fraction of sp³-hybridized carbons (Fsp3) is 0.263. The maximum atomic E-state index is 12.4. The number of aromatic amines is 1. The third kappa shape index (κ3) is 2.76. The van der Waals surface area contributed by atoms with E-state index in [4.69, 9.17) is 21.1 Å². The summed E-state index contributed by atoms with van der Waals surface area (Å²) in [5.74, 6) is 2.18. The monoisotopic (exact) mass is 371 g/mol. The molecule has 7 heteroatoms. The lowest BCUT2D eigenvalue weighted by Crippen LogP contribution is -2.33. The van der Waals surface area contributed by atoms with E-state index in [0.717, 1.165) is 29.0 Å². The summed E-state index contributed by atoms with van der Waals surface area (Å²) in [4.78, 5) is 21.9. The number of methoxy groups -OCH3 is 2. The number of fused-ring (bicyclic) bond motifs is 2. The molecule has 0 unspecified atom stereocenters. The Morgan fingerprint density at radius 3 is 2.58 bits per heavy atom. The van der Waals surface area contributed by atoms with Crippen LogP contribution in [-0.4, -0.2) is 30.7 Å². The molecule has 4 rings (SSSR count). The van der Waals surface area contributed by atoms with Crippen LogP contribution in [-0.2, 0) is 13.0 Å². The Morgan fingerprint density at radius 1 is 1.12 bits per heavy atom. The van der Waals surface area contributed by atoms with Crippen LogP contribution in [0.1, 0.15) is 11.1 Å². The van der Waals surface area contributed by atoms with Crippen molar-refractivity contribution in [3.63, 3.8) is 0 Å². The van der Waals surface area contributed by atoms with E-state index in [-0.39, 0.29) is 5.56 Å². The van der Waals surface area contributed by atoms with Crippen molar-refractivity contribution in [1.82, 2.24) is 9.97 Å². The number of aromatic nitrogens is 2. The van der Waals surface area contributed by atoms with E-state index in [1.807, 2.05) is 17.0 Å². The Kier molecular flexibility index (Phi) is 4.20. The van der Waals surface area contributed by atoms with Crippen LogP contribution in [0.5, 0.6) is 11.5 Å². The molecular weight excluding hydrogens is 354 g/mol. The van der Waals surface area contributed by atoms with Crippen molar-refractivity contribution in [3.05, 3.63) is 56.8 Å². The molecule has 1 aliphatic heterocycles. The summed E-state index contributed by atoms with van der Waals surface area (Å²) in [6.07, 6.45) is 0.771. The minimum Gasteiger partial charge on any atom is -0.496 e. The van der Waals surface area contributed by atoms with Crippen LogP contribution in [0, 0.1) is 0 Å². The van der Waals surface area contributed by atoms with E-state index in [0.29, 0.717) is 35.0 Å². The highest BCUT2D eigenvalue weighted by atomic mass is 35.5. The fourth-order valence-corrected chi connectivity index (χ4v) is 3.59. The predicted molar refractivity (Wildman–Crippen MR) is 102 cm³/mol. The van der Waals surface area contributed by atoms with Crippen LogP contribution in [0.2, 0.25) is 5.02 Å². The Balaban J connectivity index is 1.78. The molecule has 2 heterocycles. The topological polar surface area (TPSA) is 67.5 Å². The number of benzene rings is 2. The third-order valence-corrected chi connectivity index (χ3v) is 4.96. The van der Waals surface area contributed by atoms with Gasteiger partial charge in [0.25, 0.3) is 5.56 Å². The van der Waals surface area contributed by atoms with Crippen molar-refractivity contribution < 1.29 is 9.47 Å². The van der Waals surface area contributed by atoms with Gasteiger partial charge in [-0.2, -0.15) is 0 Å². The minimum atomic E-state index is -0.176. The maximum Gasteiger partial charge on any atom is 0.260 e. The van der Waals surface area contributed by atoms with Gasteiger partial charge in [0.1, 0.15) is 11.5 Å². The molecule has 134 valence electrons. The van der Waals surface area contributed by atoms with Crippen molar-refractivity contribution in [2.75, 3.05) is 25.7 Å².